The molecule has 0 fully saturated rings. The van der Waals surface area contributed by atoms with Crippen molar-refractivity contribution in [2.75, 3.05) is 6.54 Å². The van der Waals surface area contributed by atoms with E-state index in [1.54, 1.807) is 23.4 Å². The highest BCUT2D eigenvalue weighted by molar-refractivity contribution is 5.93. The Morgan fingerprint density at radius 2 is 2.04 bits per heavy atom. The van der Waals surface area contributed by atoms with Gasteiger partial charge in [0.25, 0.3) is 5.91 Å². The number of aromatic nitrogens is 2. The van der Waals surface area contributed by atoms with E-state index in [9.17, 15) is 4.79 Å². The molecule has 0 radical (unpaired) electrons. The lowest BCUT2D eigenvalue weighted by Crippen LogP contribution is -2.31. The second-order valence-electron chi connectivity index (χ2n) is 5.44. The van der Waals surface area contributed by atoms with Crippen LogP contribution >= 0.6 is 0 Å². The quantitative estimate of drug-likeness (QED) is 0.691. The number of nitriles is 1. The van der Waals surface area contributed by atoms with E-state index < -0.39 is 0 Å². The van der Waals surface area contributed by atoms with Crippen LogP contribution in [0.5, 0.6) is 0 Å². The molecule has 25 heavy (non-hydrogen) atoms. The molecule has 6 heteroatoms. The summed E-state index contributed by atoms with van der Waals surface area (Å²) in [5, 5.41) is 12.8. The molecule has 0 saturated heterocycles. The highest BCUT2D eigenvalue weighted by Crippen LogP contribution is 2.21. The molecular formula is C19H16N4O2. The van der Waals surface area contributed by atoms with Crippen LogP contribution in [0.15, 0.2) is 65.4 Å². The molecule has 1 amide bonds. The van der Waals surface area contributed by atoms with E-state index in [0.717, 1.165) is 11.1 Å². The van der Waals surface area contributed by atoms with Crippen LogP contribution in [0.3, 0.4) is 0 Å². The zero-order chi connectivity index (χ0) is 17.5. The number of carbonyl (C=O) groups excluding carboxylic acids is 1. The second kappa shape index (κ2) is 7.88. The van der Waals surface area contributed by atoms with Gasteiger partial charge in [0, 0.05) is 37.1 Å². The molecule has 0 N–H and O–H groups in total. The van der Waals surface area contributed by atoms with Crippen molar-refractivity contribution in [2.45, 2.75) is 13.0 Å². The zero-order valence-corrected chi connectivity index (χ0v) is 13.5. The topological polar surface area (TPSA) is 83.0 Å². The molecule has 6 nitrogen and oxygen atoms in total. The lowest BCUT2D eigenvalue weighted by atomic mass is 10.1. The Morgan fingerprint density at radius 1 is 1.20 bits per heavy atom. The Morgan fingerprint density at radius 3 is 2.76 bits per heavy atom. The van der Waals surface area contributed by atoms with Gasteiger partial charge in [-0.05, 0) is 11.6 Å². The Hall–Kier alpha value is -3.46. The lowest BCUT2D eigenvalue weighted by Gasteiger charge is -2.20. The van der Waals surface area contributed by atoms with Gasteiger partial charge in [-0.25, -0.2) is 0 Å². The van der Waals surface area contributed by atoms with Gasteiger partial charge >= 0.3 is 0 Å². The molecule has 0 aliphatic rings. The van der Waals surface area contributed by atoms with Crippen molar-refractivity contribution in [3.63, 3.8) is 0 Å². The van der Waals surface area contributed by atoms with Crippen molar-refractivity contribution in [1.29, 1.82) is 5.26 Å². The highest BCUT2D eigenvalue weighted by atomic mass is 16.5. The number of nitrogens with zero attached hydrogens (tertiary/aromatic N) is 4. The fourth-order valence-corrected chi connectivity index (χ4v) is 2.43. The van der Waals surface area contributed by atoms with Gasteiger partial charge in [0.05, 0.1) is 12.5 Å². The molecule has 124 valence electrons. The first kappa shape index (κ1) is 16.4. The first-order valence-electron chi connectivity index (χ1n) is 7.85. The molecule has 0 bridgehead atoms. The molecular weight excluding hydrogens is 316 g/mol. The summed E-state index contributed by atoms with van der Waals surface area (Å²) in [7, 11) is 0. The molecule has 0 aliphatic heterocycles. The van der Waals surface area contributed by atoms with Crippen LogP contribution in [0.2, 0.25) is 0 Å². The Bertz CT molecular complexity index is 869. The number of carbonyl (C=O) groups is 1. The molecule has 2 heterocycles. The van der Waals surface area contributed by atoms with Gasteiger partial charge in [-0.3, -0.25) is 9.78 Å². The Kier molecular flexibility index (Phi) is 5.17. The van der Waals surface area contributed by atoms with Crippen molar-refractivity contribution in [3.8, 4) is 17.4 Å². The third kappa shape index (κ3) is 4.09. The van der Waals surface area contributed by atoms with E-state index in [1.165, 1.54) is 0 Å². The summed E-state index contributed by atoms with van der Waals surface area (Å²) >= 11 is 0. The molecule has 3 rings (SSSR count). The summed E-state index contributed by atoms with van der Waals surface area (Å²) in [4.78, 5) is 18.4. The first-order valence-corrected chi connectivity index (χ1v) is 7.85. The van der Waals surface area contributed by atoms with Gasteiger partial charge in [0.2, 0.25) is 0 Å². The Labute approximate surface area is 145 Å². The fraction of sp³-hybridized carbons (Fsp3) is 0.158. The van der Waals surface area contributed by atoms with Crippen LogP contribution in [-0.4, -0.2) is 27.5 Å². The second-order valence-corrected chi connectivity index (χ2v) is 5.44. The predicted molar refractivity (Wildman–Crippen MR) is 91.1 cm³/mol. The van der Waals surface area contributed by atoms with E-state index in [-0.39, 0.29) is 18.0 Å². The summed E-state index contributed by atoms with van der Waals surface area (Å²) in [5.41, 5.74) is 1.96. The largest absolute Gasteiger partial charge is 0.355 e. The number of benzene rings is 1. The Balaban J connectivity index is 1.80. The predicted octanol–water partition coefficient (Wildman–Crippen LogP) is 3.29. The van der Waals surface area contributed by atoms with E-state index in [2.05, 4.69) is 16.2 Å². The standard InChI is InChI=1S/C19H16N4O2/c20-9-5-11-23(14-15-6-4-10-21-13-15)19(24)17-12-18(25-22-17)16-7-2-1-3-8-16/h1-4,6-8,10,12-13H,5,11,14H2. The molecule has 0 saturated carbocycles. The van der Waals surface area contributed by atoms with Crippen molar-refractivity contribution in [1.82, 2.24) is 15.0 Å². The SMILES string of the molecule is N#CCCN(Cc1cccnc1)C(=O)c1cc(-c2ccccc2)on1. The average molecular weight is 332 g/mol. The van der Waals surface area contributed by atoms with Gasteiger partial charge < -0.3 is 9.42 Å². The van der Waals surface area contributed by atoms with Crippen LogP contribution in [0, 0.1) is 11.3 Å². The molecule has 0 aliphatic carbocycles. The smallest absolute Gasteiger partial charge is 0.276 e. The van der Waals surface area contributed by atoms with Crippen LogP contribution < -0.4 is 0 Å². The minimum atomic E-state index is -0.273. The summed E-state index contributed by atoms with van der Waals surface area (Å²) < 4.78 is 5.30. The maximum Gasteiger partial charge on any atom is 0.276 e. The molecule has 2 aromatic heterocycles. The van der Waals surface area contributed by atoms with Gasteiger partial charge in [-0.1, -0.05) is 41.6 Å². The maximum atomic E-state index is 12.8. The summed E-state index contributed by atoms with van der Waals surface area (Å²) in [6, 6.07) is 16.9. The molecule has 0 spiro atoms. The summed E-state index contributed by atoms with van der Waals surface area (Å²) in [6.45, 7) is 0.680. The van der Waals surface area contributed by atoms with E-state index >= 15 is 0 Å². The van der Waals surface area contributed by atoms with E-state index in [4.69, 9.17) is 9.78 Å². The number of amides is 1. The number of rotatable bonds is 6. The van der Waals surface area contributed by atoms with Crippen molar-refractivity contribution < 1.29 is 9.32 Å². The van der Waals surface area contributed by atoms with Gasteiger partial charge in [0.15, 0.2) is 11.5 Å². The van der Waals surface area contributed by atoms with Gasteiger partial charge in [0.1, 0.15) is 0 Å². The minimum Gasteiger partial charge on any atom is -0.355 e. The van der Waals surface area contributed by atoms with E-state index in [1.807, 2.05) is 42.5 Å². The van der Waals surface area contributed by atoms with Gasteiger partial charge in [-0.15, -0.1) is 0 Å². The van der Waals surface area contributed by atoms with E-state index in [0.29, 0.717) is 18.8 Å². The fourth-order valence-electron chi connectivity index (χ4n) is 2.43. The lowest BCUT2D eigenvalue weighted by molar-refractivity contribution is 0.0736. The van der Waals surface area contributed by atoms with Crippen molar-refractivity contribution in [2.24, 2.45) is 0 Å². The van der Waals surface area contributed by atoms with Crippen LogP contribution in [-0.2, 0) is 6.54 Å². The van der Waals surface area contributed by atoms with Crippen LogP contribution in [0.4, 0.5) is 0 Å². The normalized spacial score (nSPS) is 10.2. The molecule has 1 aromatic carbocycles. The first-order chi connectivity index (χ1) is 12.3. The minimum absolute atomic E-state index is 0.223. The number of hydrogen-bond donors (Lipinski definition) is 0. The highest BCUT2D eigenvalue weighted by Gasteiger charge is 2.20. The number of pyridine rings is 1. The molecule has 3 aromatic rings. The average Bonchev–Trinajstić information content (AvgIpc) is 3.16. The number of hydrogen-bond acceptors (Lipinski definition) is 5. The van der Waals surface area contributed by atoms with Gasteiger partial charge in [-0.2, -0.15) is 5.26 Å². The third-order valence-electron chi connectivity index (χ3n) is 3.66. The van der Waals surface area contributed by atoms with Crippen molar-refractivity contribution >= 4 is 5.91 Å². The monoisotopic (exact) mass is 332 g/mol. The summed E-state index contributed by atoms with van der Waals surface area (Å²) in [6.07, 6.45) is 3.62. The molecule has 0 unspecified atom stereocenters. The van der Waals surface area contributed by atoms with Crippen LogP contribution in [0.1, 0.15) is 22.5 Å². The summed E-state index contributed by atoms with van der Waals surface area (Å²) in [5.74, 6) is 0.260. The van der Waals surface area contributed by atoms with Crippen molar-refractivity contribution in [3.05, 3.63) is 72.2 Å². The molecule has 0 atom stereocenters. The third-order valence-corrected chi connectivity index (χ3v) is 3.66. The zero-order valence-electron chi connectivity index (χ0n) is 13.5. The van der Waals surface area contributed by atoms with Crippen LogP contribution in [0.25, 0.3) is 11.3 Å². The maximum absolute atomic E-state index is 12.8.